The van der Waals surface area contributed by atoms with Gasteiger partial charge < -0.3 is 20.3 Å². The van der Waals surface area contributed by atoms with E-state index >= 15 is 0 Å². The van der Waals surface area contributed by atoms with Gasteiger partial charge in [0.05, 0.1) is 17.6 Å². The van der Waals surface area contributed by atoms with Crippen LogP contribution in [-0.4, -0.2) is 22.8 Å². The number of aromatic nitrogens is 2. The maximum Gasteiger partial charge on any atom is 0.223 e. The van der Waals surface area contributed by atoms with Crippen LogP contribution in [0.2, 0.25) is 0 Å². The summed E-state index contributed by atoms with van der Waals surface area (Å²) in [6, 6.07) is 12.4. The maximum atomic E-state index is 9.44. The molecule has 0 atom stereocenters. The number of hydrogen-bond donors (Lipinski definition) is 2. The lowest BCUT2D eigenvalue weighted by atomic mass is 10.1. The van der Waals surface area contributed by atoms with Gasteiger partial charge in [0, 0.05) is 7.05 Å². The molecule has 0 saturated carbocycles. The molecular formula is C27H44N4O2. The Morgan fingerprint density at radius 3 is 1.97 bits per heavy atom. The molecule has 0 amide bonds. The van der Waals surface area contributed by atoms with E-state index in [0.29, 0.717) is 23.1 Å². The lowest BCUT2D eigenvalue weighted by Crippen LogP contribution is -2.04. The monoisotopic (exact) mass is 456 g/mol. The summed E-state index contributed by atoms with van der Waals surface area (Å²) in [4.78, 5) is 17.9. The topological polar surface area (TPSA) is 94.0 Å². The van der Waals surface area contributed by atoms with E-state index < -0.39 is 0 Å². The fourth-order valence-electron chi connectivity index (χ4n) is 2.34. The first-order chi connectivity index (χ1) is 15.8. The van der Waals surface area contributed by atoms with Crippen molar-refractivity contribution in [1.29, 1.82) is 0 Å². The molecule has 0 unspecified atom stereocenters. The SMILES string of the molecule is CC.CC.CC(C)=O.CCCc1ccc(C)cc1.CNc1nc(C)c(N)c(-c2ccco2)n1. The summed E-state index contributed by atoms with van der Waals surface area (Å²) in [7, 11) is 1.76. The summed E-state index contributed by atoms with van der Waals surface area (Å²) in [5.41, 5.74) is 10.6. The Morgan fingerprint density at radius 2 is 1.55 bits per heavy atom. The number of rotatable bonds is 4. The summed E-state index contributed by atoms with van der Waals surface area (Å²) in [5, 5.41) is 2.88. The van der Waals surface area contributed by atoms with Crippen molar-refractivity contribution in [2.24, 2.45) is 0 Å². The Morgan fingerprint density at radius 1 is 1.00 bits per heavy atom. The molecule has 1 aromatic carbocycles. The average molecular weight is 457 g/mol. The Bertz CT molecular complexity index is 870. The van der Waals surface area contributed by atoms with Crippen LogP contribution in [0.15, 0.2) is 47.1 Å². The lowest BCUT2D eigenvalue weighted by Gasteiger charge is -2.07. The fraction of sp³-hybridized carbons (Fsp3) is 0.444. The van der Waals surface area contributed by atoms with Gasteiger partial charge in [-0.05, 0) is 51.8 Å². The number of benzene rings is 1. The smallest absolute Gasteiger partial charge is 0.223 e. The first-order valence-electron chi connectivity index (χ1n) is 11.7. The van der Waals surface area contributed by atoms with Gasteiger partial charge in [0.2, 0.25) is 5.95 Å². The van der Waals surface area contributed by atoms with Crippen LogP contribution in [0.1, 0.15) is 71.7 Å². The molecular weight excluding hydrogens is 412 g/mol. The van der Waals surface area contributed by atoms with Gasteiger partial charge in [-0.3, -0.25) is 0 Å². The Labute approximate surface area is 201 Å². The van der Waals surface area contributed by atoms with Crippen molar-refractivity contribution in [2.75, 3.05) is 18.1 Å². The lowest BCUT2D eigenvalue weighted by molar-refractivity contribution is -0.114. The third-order valence-electron chi connectivity index (χ3n) is 3.77. The van der Waals surface area contributed by atoms with E-state index in [9.17, 15) is 4.79 Å². The van der Waals surface area contributed by atoms with E-state index in [4.69, 9.17) is 10.2 Å². The highest BCUT2D eigenvalue weighted by atomic mass is 16.3. The molecule has 0 saturated heterocycles. The predicted molar refractivity (Wildman–Crippen MR) is 143 cm³/mol. The van der Waals surface area contributed by atoms with Crippen LogP contribution in [0.5, 0.6) is 0 Å². The molecule has 3 N–H and O–H groups in total. The summed E-state index contributed by atoms with van der Waals surface area (Å²) >= 11 is 0. The Hall–Kier alpha value is -3.15. The number of carbonyl (C=O) groups is 1. The molecule has 2 heterocycles. The maximum absolute atomic E-state index is 9.44. The van der Waals surface area contributed by atoms with Crippen LogP contribution >= 0.6 is 0 Å². The van der Waals surface area contributed by atoms with Crippen LogP contribution in [0, 0.1) is 13.8 Å². The summed E-state index contributed by atoms with van der Waals surface area (Å²) in [6.45, 7) is 17.2. The van der Waals surface area contributed by atoms with Crippen molar-refractivity contribution in [3.05, 3.63) is 59.5 Å². The predicted octanol–water partition coefficient (Wildman–Crippen LogP) is 7.26. The largest absolute Gasteiger partial charge is 0.463 e. The highest BCUT2D eigenvalue weighted by Crippen LogP contribution is 2.26. The zero-order valence-electron chi connectivity index (χ0n) is 22.2. The number of carbonyl (C=O) groups excluding carboxylic acids is 1. The van der Waals surface area contributed by atoms with Crippen molar-refractivity contribution in [3.8, 4) is 11.5 Å². The first kappa shape index (κ1) is 32.0. The molecule has 184 valence electrons. The molecule has 3 aromatic rings. The number of ketones is 1. The van der Waals surface area contributed by atoms with Crippen LogP contribution in [0.3, 0.4) is 0 Å². The highest BCUT2D eigenvalue weighted by molar-refractivity contribution is 5.72. The molecule has 0 aliphatic heterocycles. The van der Waals surface area contributed by atoms with Crippen LogP contribution < -0.4 is 11.1 Å². The molecule has 0 aliphatic rings. The van der Waals surface area contributed by atoms with Gasteiger partial charge in [0.15, 0.2) is 5.76 Å². The van der Waals surface area contributed by atoms with E-state index in [-0.39, 0.29) is 5.78 Å². The van der Waals surface area contributed by atoms with Crippen molar-refractivity contribution in [3.63, 3.8) is 0 Å². The van der Waals surface area contributed by atoms with E-state index in [1.807, 2.05) is 40.7 Å². The number of hydrogen-bond acceptors (Lipinski definition) is 6. The van der Waals surface area contributed by atoms with Crippen LogP contribution in [0.4, 0.5) is 11.6 Å². The number of nitrogens with zero attached hydrogens (tertiary/aromatic N) is 2. The minimum atomic E-state index is 0.167. The van der Waals surface area contributed by atoms with Gasteiger partial charge in [-0.2, -0.15) is 0 Å². The minimum absolute atomic E-state index is 0.167. The van der Waals surface area contributed by atoms with Crippen LogP contribution in [0.25, 0.3) is 11.5 Å². The van der Waals surface area contributed by atoms with E-state index in [1.165, 1.54) is 37.8 Å². The van der Waals surface area contributed by atoms with Gasteiger partial charge >= 0.3 is 0 Å². The Balaban J connectivity index is 0. The first-order valence-corrected chi connectivity index (χ1v) is 11.7. The second-order valence-corrected chi connectivity index (χ2v) is 6.77. The highest BCUT2D eigenvalue weighted by Gasteiger charge is 2.12. The molecule has 6 nitrogen and oxygen atoms in total. The zero-order valence-corrected chi connectivity index (χ0v) is 22.2. The second kappa shape index (κ2) is 19.5. The van der Waals surface area contributed by atoms with Gasteiger partial charge in [-0.25, -0.2) is 9.97 Å². The van der Waals surface area contributed by atoms with E-state index in [2.05, 4.69) is 53.4 Å². The van der Waals surface area contributed by atoms with Crippen molar-refractivity contribution < 1.29 is 9.21 Å². The zero-order chi connectivity index (χ0) is 25.8. The van der Waals surface area contributed by atoms with Gasteiger partial charge in [-0.1, -0.05) is 70.9 Å². The molecule has 0 spiro atoms. The summed E-state index contributed by atoms with van der Waals surface area (Å²) in [6.07, 6.45) is 4.04. The third kappa shape index (κ3) is 13.8. The molecule has 0 bridgehead atoms. The standard InChI is InChI=1S/C10H12N4O.C10H14.C3H6O.2C2H6/c1-6-8(11)9(7-4-3-5-15-7)14-10(12-2)13-6;1-3-4-10-7-5-9(2)6-8-10;1-3(2)4;2*1-2/h3-5H,11H2,1-2H3,(H,12,13,14);5-8H,3-4H2,1-2H3;1-2H3;2*1-2H3. The van der Waals surface area contributed by atoms with Crippen molar-refractivity contribution in [1.82, 2.24) is 9.97 Å². The summed E-state index contributed by atoms with van der Waals surface area (Å²) in [5.74, 6) is 1.35. The molecule has 33 heavy (non-hydrogen) atoms. The van der Waals surface area contributed by atoms with E-state index in [0.717, 1.165) is 5.69 Å². The number of nitrogens with two attached hydrogens (primary N) is 1. The Kier molecular flexibility index (Phi) is 19.0. The fourth-order valence-corrected chi connectivity index (χ4v) is 2.34. The van der Waals surface area contributed by atoms with Gasteiger partial charge in [0.25, 0.3) is 0 Å². The number of aryl methyl sites for hydroxylation is 3. The van der Waals surface area contributed by atoms with Crippen molar-refractivity contribution >= 4 is 17.4 Å². The van der Waals surface area contributed by atoms with Crippen LogP contribution in [-0.2, 0) is 11.2 Å². The molecule has 2 aromatic heterocycles. The molecule has 0 fully saturated rings. The number of anilines is 2. The molecule has 0 radical (unpaired) electrons. The second-order valence-electron chi connectivity index (χ2n) is 6.77. The molecule has 6 heteroatoms. The summed E-state index contributed by atoms with van der Waals surface area (Å²) < 4.78 is 5.26. The number of nitrogens with one attached hydrogen (secondary N) is 1. The van der Waals surface area contributed by atoms with E-state index in [1.54, 1.807) is 19.4 Å². The number of furan rings is 1. The van der Waals surface area contributed by atoms with Gasteiger partial charge in [-0.15, -0.1) is 0 Å². The average Bonchev–Trinajstić information content (AvgIpc) is 3.35. The molecule has 0 aliphatic carbocycles. The number of nitrogen functional groups attached to an aromatic ring is 1. The number of Topliss-reactive ketones (excluding diaryl/α,β-unsaturated/α-hetero) is 1. The quantitative estimate of drug-likeness (QED) is 0.429. The normalized spacial score (nSPS) is 8.79. The van der Waals surface area contributed by atoms with Crippen molar-refractivity contribution in [2.45, 2.75) is 75.2 Å². The third-order valence-corrected chi connectivity index (χ3v) is 3.77. The van der Waals surface area contributed by atoms with Gasteiger partial charge in [0.1, 0.15) is 11.5 Å². The minimum Gasteiger partial charge on any atom is -0.463 e. The molecule has 3 rings (SSSR count).